The molecule has 1 aliphatic rings. The quantitative estimate of drug-likeness (QED) is 0.719. The van der Waals surface area contributed by atoms with Crippen molar-refractivity contribution in [2.45, 2.75) is 19.3 Å². The molecule has 0 saturated carbocycles. The highest BCUT2D eigenvalue weighted by molar-refractivity contribution is 7.89. The van der Waals surface area contributed by atoms with E-state index in [0.717, 1.165) is 19.3 Å². The molecule has 0 aromatic carbocycles. The Morgan fingerprint density at radius 1 is 1.31 bits per heavy atom. The van der Waals surface area contributed by atoms with Gasteiger partial charge in [-0.15, -0.1) is 0 Å². The topological polar surface area (TPSA) is 90.3 Å². The molecular weight excluding hydrogens is 230 g/mol. The lowest BCUT2D eigenvalue weighted by molar-refractivity contribution is -0.130. The molecule has 1 amide bonds. The minimum Gasteiger partial charge on any atom is -0.342 e. The van der Waals surface area contributed by atoms with Crippen molar-refractivity contribution in [3.05, 3.63) is 0 Å². The van der Waals surface area contributed by atoms with Gasteiger partial charge in [-0.3, -0.25) is 4.79 Å². The van der Waals surface area contributed by atoms with Crippen LogP contribution < -0.4 is 4.72 Å². The largest absolute Gasteiger partial charge is 0.342 e. The lowest BCUT2D eigenvalue weighted by atomic mass is 10.1. The number of hydrogen-bond donors (Lipinski definition) is 1. The Labute approximate surface area is 95.3 Å². The Hall–Kier alpha value is -1.13. The summed E-state index contributed by atoms with van der Waals surface area (Å²) in [4.78, 5) is 13.2. The second kappa shape index (κ2) is 5.82. The van der Waals surface area contributed by atoms with Crippen LogP contribution in [0.5, 0.6) is 0 Å². The molecule has 1 aliphatic heterocycles. The number of piperidine rings is 1. The van der Waals surface area contributed by atoms with Crippen molar-refractivity contribution >= 4 is 15.9 Å². The molecule has 1 saturated heterocycles. The molecule has 1 rings (SSSR count). The average molecular weight is 245 g/mol. The van der Waals surface area contributed by atoms with Gasteiger partial charge in [0.2, 0.25) is 15.9 Å². The van der Waals surface area contributed by atoms with E-state index in [9.17, 15) is 13.2 Å². The van der Waals surface area contributed by atoms with Crippen LogP contribution in [0.1, 0.15) is 19.3 Å². The summed E-state index contributed by atoms with van der Waals surface area (Å²) >= 11 is 0. The first-order valence-corrected chi connectivity index (χ1v) is 6.82. The highest BCUT2D eigenvalue weighted by Crippen LogP contribution is 2.08. The van der Waals surface area contributed by atoms with Crippen LogP contribution in [0.3, 0.4) is 0 Å². The molecule has 1 fully saturated rings. The summed E-state index contributed by atoms with van der Waals surface area (Å²) in [6, 6.07) is 1.54. The number of likely N-dealkylation sites (tertiary alicyclic amines) is 1. The van der Waals surface area contributed by atoms with Crippen LogP contribution in [0.4, 0.5) is 0 Å². The lowest BCUT2D eigenvalue weighted by Crippen LogP contribution is -2.42. The van der Waals surface area contributed by atoms with Gasteiger partial charge in [0.1, 0.15) is 0 Å². The number of rotatable bonds is 4. The van der Waals surface area contributed by atoms with E-state index >= 15 is 0 Å². The van der Waals surface area contributed by atoms with Crippen molar-refractivity contribution < 1.29 is 13.2 Å². The maximum atomic E-state index is 11.6. The SMILES string of the molecule is N#CCS(=O)(=O)NCC(=O)N1CCCCC1. The Bertz CT molecular complexity index is 379. The average Bonchev–Trinajstić information content (AvgIpc) is 2.27. The van der Waals surface area contributed by atoms with Gasteiger partial charge in [0.05, 0.1) is 12.6 Å². The van der Waals surface area contributed by atoms with Gasteiger partial charge in [-0.05, 0) is 19.3 Å². The maximum absolute atomic E-state index is 11.6. The van der Waals surface area contributed by atoms with E-state index in [0.29, 0.717) is 13.1 Å². The summed E-state index contributed by atoms with van der Waals surface area (Å²) in [5, 5.41) is 8.25. The summed E-state index contributed by atoms with van der Waals surface area (Å²) in [6.45, 7) is 1.14. The molecule has 0 unspecified atom stereocenters. The molecule has 0 spiro atoms. The van der Waals surface area contributed by atoms with E-state index < -0.39 is 15.8 Å². The highest BCUT2D eigenvalue weighted by Gasteiger charge is 2.18. The summed E-state index contributed by atoms with van der Waals surface area (Å²) in [5.74, 6) is -0.832. The molecule has 0 atom stereocenters. The van der Waals surface area contributed by atoms with Gasteiger partial charge < -0.3 is 4.90 Å². The molecule has 7 heteroatoms. The van der Waals surface area contributed by atoms with Gasteiger partial charge in [0, 0.05) is 13.1 Å². The summed E-state index contributed by atoms with van der Waals surface area (Å²) in [7, 11) is -3.62. The number of sulfonamides is 1. The van der Waals surface area contributed by atoms with E-state index in [-0.39, 0.29) is 12.5 Å². The number of carbonyl (C=O) groups is 1. The minimum atomic E-state index is -3.62. The fourth-order valence-corrected chi connectivity index (χ4v) is 2.18. The van der Waals surface area contributed by atoms with Gasteiger partial charge in [-0.2, -0.15) is 5.26 Å². The van der Waals surface area contributed by atoms with Crippen molar-refractivity contribution in [1.29, 1.82) is 5.26 Å². The van der Waals surface area contributed by atoms with Crippen LogP contribution in [0.2, 0.25) is 0 Å². The summed E-state index contributed by atoms with van der Waals surface area (Å²) in [5.41, 5.74) is 0. The Morgan fingerprint density at radius 2 is 1.94 bits per heavy atom. The molecule has 1 N–H and O–H groups in total. The standard InChI is InChI=1S/C9H15N3O3S/c10-4-7-16(14,15)11-8-9(13)12-5-2-1-3-6-12/h11H,1-3,5-8H2. The minimum absolute atomic E-state index is 0.221. The Balaban J connectivity index is 2.37. The number of hydrogen-bond acceptors (Lipinski definition) is 4. The third-order valence-electron chi connectivity index (χ3n) is 2.41. The molecule has 0 bridgehead atoms. The number of carbonyl (C=O) groups excluding carboxylic acids is 1. The van der Waals surface area contributed by atoms with Crippen LogP contribution in [0.25, 0.3) is 0 Å². The predicted molar refractivity (Wildman–Crippen MR) is 57.8 cm³/mol. The first-order chi connectivity index (χ1) is 7.55. The van der Waals surface area contributed by atoms with Crippen molar-refractivity contribution in [2.75, 3.05) is 25.4 Å². The zero-order chi connectivity index (χ0) is 12.0. The lowest BCUT2D eigenvalue weighted by Gasteiger charge is -2.26. The normalized spacial score (nSPS) is 16.8. The van der Waals surface area contributed by atoms with E-state index in [1.165, 1.54) is 6.07 Å². The van der Waals surface area contributed by atoms with E-state index in [2.05, 4.69) is 4.72 Å². The second-order valence-corrected chi connectivity index (χ2v) is 5.49. The van der Waals surface area contributed by atoms with Crippen LogP contribution in [0, 0.1) is 11.3 Å². The Kier molecular flexibility index (Phi) is 4.71. The molecule has 0 radical (unpaired) electrons. The first-order valence-electron chi connectivity index (χ1n) is 5.17. The molecular formula is C9H15N3O3S. The zero-order valence-electron chi connectivity index (χ0n) is 8.98. The van der Waals surface area contributed by atoms with Gasteiger partial charge in [-0.25, -0.2) is 13.1 Å². The molecule has 0 aromatic rings. The number of nitrogens with one attached hydrogen (secondary N) is 1. The van der Waals surface area contributed by atoms with Crippen molar-refractivity contribution in [3.63, 3.8) is 0 Å². The maximum Gasteiger partial charge on any atom is 0.237 e. The van der Waals surface area contributed by atoms with Crippen LogP contribution in [0.15, 0.2) is 0 Å². The number of nitrogens with zero attached hydrogens (tertiary/aromatic N) is 2. The van der Waals surface area contributed by atoms with Crippen molar-refractivity contribution in [1.82, 2.24) is 9.62 Å². The van der Waals surface area contributed by atoms with Crippen molar-refractivity contribution in [3.8, 4) is 6.07 Å². The molecule has 1 heterocycles. The van der Waals surface area contributed by atoms with E-state index in [1.54, 1.807) is 4.90 Å². The van der Waals surface area contributed by atoms with Crippen LogP contribution in [-0.2, 0) is 14.8 Å². The zero-order valence-corrected chi connectivity index (χ0v) is 9.79. The predicted octanol–water partition coefficient (Wildman–Crippen LogP) is -0.558. The second-order valence-electron chi connectivity index (χ2n) is 3.68. The van der Waals surface area contributed by atoms with Crippen LogP contribution >= 0.6 is 0 Å². The van der Waals surface area contributed by atoms with E-state index in [4.69, 9.17) is 5.26 Å². The van der Waals surface area contributed by atoms with Gasteiger partial charge in [0.15, 0.2) is 5.75 Å². The third-order valence-corrected chi connectivity index (χ3v) is 3.50. The van der Waals surface area contributed by atoms with Gasteiger partial charge in [-0.1, -0.05) is 0 Å². The van der Waals surface area contributed by atoms with Gasteiger partial charge >= 0.3 is 0 Å². The molecule has 0 aromatic heterocycles. The Morgan fingerprint density at radius 3 is 2.50 bits per heavy atom. The van der Waals surface area contributed by atoms with Gasteiger partial charge in [0.25, 0.3) is 0 Å². The molecule has 16 heavy (non-hydrogen) atoms. The third kappa shape index (κ3) is 4.16. The summed E-state index contributed by atoms with van der Waals surface area (Å²) in [6.07, 6.45) is 3.05. The first kappa shape index (κ1) is 12.9. The smallest absolute Gasteiger partial charge is 0.237 e. The molecule has 6 nitrogen and oxygen atoms in total. The monoisotopic (exact) mass is 245 g/mol. The summed E-state index contributed by atoms with van der Waals surface area (Å²) < 4.78 is 24.3. The molecule has 90 valence electrons. The fourth-order valence-electron chi connectivity index (χ4n) is 1.56. The number of amides is 1. The number of nitriles is 1. The van der Waals surface area contributed by atoms with Crippen molar-refractivity contribution in [2.24, 2.45) is 0 Å². The van der Waals surface area contributed by atoms with E-state index in [1.807, 2.05) is 0 Å². The highest BCUT2D eigenvalue weighted by atomic mass is 32.2. The fraction of sp³-hybridized carbons (Fsp3) is 0.778. The van der Waals surface area contributed by atoms with Crippen LogP contribution in [-0.4, -0.2) is 44.6 Å². The molecule has 0 aliphatic carbocycles.